The number of anilines is 2. The van der Waals surface area contributed by atoms with Gasteiger partial charge in [0.25, 0.3) is 0 Å². The van der Waals surface area contributed by atoms with Gasteiger partial charge in [-0.3, -0.25) is 4.79 Å². The maximum Gasteiger partial charge on any atom is 0.228 e. The fraction of sp³-hybridized carbons (Fsp3) is 0.375. The highest BCUT2D eigenvalue weighted by Crippen LogP contribution is 2.28. The minimum atomic E-state index is -0.411. The van der Waals surface area contributed by atoms with Crippen molar-refractivity contribution in [2.45, 2.75) is 33.3 Å². The van der Waals surface area contributed by atoms with Gasteiger partial charge in [0.1, 0.15) is 11.9 Å². The van der Waals surface area contributed by atoms with E-state index in [9.17, 15) is 4.79 Å². The first-order valence-corrected chi connectivity index (χ1v) is 11.8. The Bertz CT molecular complexity index is 1100. The summed E-state index contributed by atoms with van der Waals surface area (Å²) in [5.41, 5.74) is 1.47. The van der Waals surface area contributed by atoms with Crippen molar-refractivity contribution in [2.75, 3.05) is 25.0 Å². The average molecular weight is 471 g/mol. The zero-order valence-electron chi connectivity index (χ0n) is 18.5. The van der Waals surface area contributed by atoms with Crippen LogP contribution in [0.4, 0.5) is 10.9 Å². The third kappa shape index (κ3) is 5.46. The van der Waals surface area contributed by atoms with E-state index in [1.807, 2.05) is 74.3 Å². The van der Waals surface area contributed by atoms with Crippen molar-refractivity contribution in [3.8, 4) is 0 Å². The molecule has 6 nitrogen and oxygen atoms in total. The number of pyridine rings is 1. The summed E-state index contributed by atoms with van der Waals surface area (Å²) in [6.07, 6.45) is 2.35. The van der Waals surface area contributed by atoms with Crippen molar-refractivity contribution in [3.05, 3.63) is 69.8 Å². The third-order valence-electron chi connectivity index (χ3n) is 5.21. The Morgan fingerprint density at radius 2 is 2.06 bits per heavy atom. The van der Waals surface area contributed by atoms with Crippen molar-refractivity contribution >= 4 is 39.8 Å². The molecule has 1 unspecified atom stereocenters. The van der Waals surface area contributed by atoms with Gasteiger partial charge in [0.05, 0.1) is 18.8 Å². The highest BCUT2D eigenvalue weighted by Gasteiger charge is 2.32. The molecule has 0 spiro atoms. The second-order valence-electron chi connectivity index (χ2n) is 8.83. The predicted molar refractivity (Wildman–Crippen MR) is 129 cm³/mol. The van der Waals surface area contributed by atoms with Gasteiger partial charge in [0.15, 0.2) is 5.13 Å². The van der Waals surface area contributed by atoms with Crippen LogP contribution in [0.15, 0.2) is 48.7 Å². The molecular weight excluding hydrogens is 444 g/mol. The number of amides is 1. The number of hydrogen-bond donors (Lipinski definition) is 1. The highest BCUT2D eigenvalue weighted by molar-refractivity contribution is 7.15. The van der Waals surface area contributed by atoms with Crippen LogP contribution in [-0.2, 0) is 16.0 Å². The van der Waals surface area contributed by atoms with Gasteiger partial charge >= 0.3 is 0 Å². The summed E-state index contributed by atoms with van der Waals surface area (Å²) in [6, 6.07) is 13.6. The van der Waals surface area contributed by atoms with Crippen molar-refractivity contribution in [1.82, 2.24) is 14.9 Å². The summed E-state index contributed by atoms with van der Waals surface area (Å²) in [6.45, 7) is 7.44. The van der Waals surface area contributed by atoms with Gasteiger partial charge in [-0.1, -0.05) is 56.6 Å². The molecule has 2 aromatic heterocycles. The molecule has 3 heterocycles. The molecule has 0 saturated carbocycles. The molecule has 3 aromatic rings. The summed E-state index contributed by atoms with van der Waals surface area (Å²) in [5.74, 6) is 0.831. The molecule has 0 aliphatic carbocycles. The topological polar surface area (TPSA) is 67.3 Å². The van der Waals surface area contributed by atoms with Gasteiger partial charge in [-0.05, 0) is 23.8 Å². The Labute approximate surface area is 197 Å². The number of hydrogen-bond acceptors (Lipinski definition) is 6. The normalized spacial score (nSPS) is 16.8. The molecular formula is C24H27ClN4O2S. The molecule has 1 fully saturated rings. The molecule has 1 saturated heterocycles. The van der Waals surface area contributed by atoms with Gasteiger partial charge in [-0.2, -0.15) is 0 Å². The lowest BCUT2D eigenvalue weighted by Crippen LogP contribution is -2.47. The molecule has 1 N–H and O–H groups in total. The Morgan fingerprint density at radius 1 is 1.25 bits per heavy atom. The Balaban J connectivity index is 1.43. The van der Waals surface area contributed by atoms with E-state index in [1.54, 1.807) is 11.3 Å². The lowest BCUT2D eigenvalue weighted by molar-refractivity contribution is -0.147. The van der Waals surface area contributed by atoms with E-state index in [4.69, 9.17) is 21.3 Å². The molecule has 1 atom stereocenters. The number of aromatic nitrogens is 2. The predicted octanol–water partition coefficient (Wildman–Crippen LogP) is 5.47. The number of carbonyl (C=O) groups is 1. The molecule has 1 aliphatic heterocycles. The van der Waals surface area contributed by atoms with Crippen molar-refractivity contribution in [3.63, 3.8) is 0 Å². The van der Waals surface area contributed by atoms with Crippen LogP contribution in [0.1, 0.15) is 43.0 Å². The quantitative estimate of drug-likeness (QED) is 0.535. The maximum atomic E-state index is 12.7. The third-order valence-corrected chi connectivity index (χ3v) is 6.49. The van der Waals surface area contributed by atoms with Crippen molar-refractivity contribution in [1.29, 1.82) is 0 Å². The maximum absolute atomic E-state index is 12.7. The number of carbonyl (C=O) groups excluding carboxylic acids is 1. The van der Waals surface area contributed by atoms with E-state index < -0.39 is 5.41 Å². The molecule has 0 bridgehead atoms. The molecule has 1 aromatic carbocycles. The Kier molecular flexibility index (Phi) is 6.79. The van der Waals surface area contributed by atoms with Crippen molar-refractivity contribution in [2.24, 2.45) is 5.41 Å². The van der Waals surface area contributed by atoms with Crippen LogP contribution >= 0.6 is 22.9 Å². The lowest BCUT2D eigenvalue weighted by Gasteiger charge is -2.36. The summed E-state index contributed by atoms with van der Waals surface area (Å²) < 4.78 is 5.93. The SMILES string of the molecule is CC(C)(C)C(=O)N1CCOC(c2cccc(Nc3ncc(Cc4ccccc4Cl)s3)n2)C1. The van der Waals surface area contributed by atoms with Crippen LogP contribution in [0.2, 0.25) is 5.02 Å². The molecule has 1 amide bonds. The average Bonchev–Trinajstić information content (AvgIpc) is 3.21. The summed E-state index contributed by atoms with van der Waals surface area (Å²) >= 11 is 7.85. The number of nitrogens with one attached hydrogen (secondary N) is 1. The first-order chi connectivity index (χ1) is 15.3. The van der Waals surface area contributed by atoms with Gasteiger partial charge < -0.3 is 15.0 Å². The van der Waals surface area contributed by atoms with Crippen LogP contribution in [0.5, 0.6) is 0 Å². The summed E-state index contributed by atoms with van der Waals surface area (Å²) in [7, 11) is 0. The van der Waals surface area contributed by atoms with E-state index in [1.165, 1.54) is 0 Å². The number of halogens is 1. The zero-order valence-corrected chi connectivity index (χ0v) is 20.0. The summed E-state index contributed by atoms with van der Waals surface area (Å²) in [5, 5.41) is 4.82. The molecule has 32 heavy (non-hydrogen) atoms. The van der Waals surface area contributed by atoms with Gasteiger partial charge in [-0.15, -0.1) is 11.3 Å². The minimum absolute atomic E-state index is 0.133. The monoisotopic (exact) mass is 470 g/mol. The van der Waals surface area contributed by atoms with Crippen molar-refractivity contribution < 1.29 is 9.53 Å². The van der Waals surface area contributed by atoms with E-state index in [0.29, 0.717) is 25.5 Å². The second-order valence-corrected chi connectivity index (χ2v) is 10.4. The molecule has 0 radical (unpaired) electrons. The highest BCUT2D eigenvalue weighted by atomic mass is 35.5. The number of benzene rings is 1. The molecule has 4 rings (SSSR count). The fourth-order valence-corrected chi connectivity index (χ4v) is 4.62. The molecule has 1 aliphatic rings. The Hall–Kier alpha value is -2.48. The van der Waals surface area contributed by atoms with Gasteiger partial charge in [-0.25, -0.2) is 9.97 Å². The number of ether oxygens (including phenoxy) is 1. The standard InChI is InChI=1S/C24H27ClN4O2S/c1-24(2,3)22(30)29-11-12-31-20(15-29)19-9-6-10-21(27-19)28-23-26-14-17(32-23)13-16-7-4-5-8-18(16)25/h4-10,14,20H,11-13,15H2,1-3H3,(H,26,27,28). The first-order valence-electron chi connectivity index (χ1n) is 10.6. The number of thiazole rings is 1. The largest absolute Gasteiger partial charge is 0.368 e. The Morgan fingerprint density at radius 3 is 2.84 bits per heavy atom. The van der Waals surface area contributed by atoms with Crippen LogP contribution in [0.25, 0.3) is 0 Å². The number of rotatable bonds is 5. The van der Waals surface area contributed by atoms with Gasteiger partial charge in [0, 0.05) is 34.5 Å². The molecule has 8 heteroatoms. The van der Waals surface area contributed by atoms with E-state index in [-0.39, 0.29) is 12.0 Å². The van der Waals surface area contributed by atoms with E-state index >= 15 is 0 Å². The molecule has 168 valence electrons. The first kappa shape index (κ1) is 22.7. The fourth-order valence-electron chi connectivity index (χ4n) is 3.57. The summed E-state index contributed by atoms with van der Waals surface area (Å²) in [4.78, 5) is 24.9. The van der Waals surface area contributed by atoms with Crippen LogP contribution in [0.3, 0.4) is 0 Å². The number of morpholine rings is 1. The van der Waals surface area contributed by atoms with Crippen LogP contribution in [-0.4, -0.2) is 40.5 Å². The smallest absolute Gasteiger partial charge is 0.228 e. The van der Waals surface area contributed by atoms with Crippen LogP contribution < -0.4 is 5.32 Å². The van der Waals surface area contributed by atoms with E-state index in [2.05, 4.69) is 10.3 Å². The zero-order chi connectivity index (χ0) is 22.7. The lowest BCUT2D eigenvalue weighted by atomic mass is 9.94. The van der Waals surface area contributed by atoms with Gasteiger partial charge in [0.2, 0.25) is 5.91 Å². The minimum Gasteiger partial charge on any atom is -0.368 e. The van der Waals surface area contributed by atoms with Crippen LogP contribution in [0, 0.1) is 5.41 Å². The number of nitrogens with zero attached hydrogens (tertiary/aromatic N) is 3. The van der Waals surface area contributed by atoms with E-state index in [0.717, 1.165) is 32.7 Å². The second kappa shape index (κ2) is 9.57.